The number of rotatable bonds is 7. The van der Waals surface area contributed by atoms with Crippen LogP contribution in [0, 0.1) is 5.82 Å². The summed E-state index contributed by atoms with van der Waals surface area (Å²) in [6.07, 6.45) is 1.48. The molecular weight excluding hydrogens is 560 g/mol. The second-order valence-corrected chi connectivity index (χ2v) is 10.8. The van der Waals surface area contributed by atoms with E-state index in [-0.39, 0.29) is 24.3 Å². The van der Waals surface area contributed by atoms with Crippen LogP contribution in [0.3, 0.4) is 0 Å². The number of nitrogens with zero attached hydrogens (tertiary/aromatic N) is 2. The summed E-state index contributed by atoms with van der Waals surface area (Å²) in [5, 5.41) is 6.48. The molecule has 1 N–H and O–H groups in total. The molecule has 6 nitrogen and oxygen atoms in total. The quantitative estimate of drug-likeness (QED) is 0.248. The lowest BCUT2D eigenvalue weighted by atomic mass is 9.97. The highest BCUT2D eigenvalue weighted by Gasteiger charge is 2.27. The van der Waals surface area contributed by atoms with Crippen molar-refractivity contribution in [1.29, 1.82) is 0 Å². The first kappa shape index (κ1) is 27.1. The van der Waals surface area contributed by atoms with Crippen LogP contribution in [0.4, 0.5) is 10.1 Å². The van der Waals surface area contributed by atoms with E-state index >= 15 is 0 Å². The van der Waals surface area contributed by atoms with Crippen LogP contribution in [0.5, 0.6) is 5.75 Å². The fourth-order valence-electron chi connectivity index (χ4n) is 4.43. The van der Waals surface area contributed by atoms with Crippen molar-refractivity contribution in [2.24, 2.45) is 0 Å². The van der Waals surface area contributed by atoms with Gasteiger partial charge in [0.05, 0.1) is 10.0 Å². The Hall–Kier alpha value is -3.46. The van der Waals surface area contributed by atoms with E-state index in [1.165, 1.54) is 29.5 Å². The zero-order valence-corrected chi connectivity index (χ0v) is 23.0. The number of amides is 2. The molecule has 1 aliphatic heterocycles. The second kappa shape index (κ2) is 12.2. The van der Waals surface area contributed by atoms with Gasteiger partial charge in [-0.25, -0.2) is 9.37 Å². The number of aromatic nitrogens is 1. The third kappa shape index (κ3) is 6.58. The molecule has 5 rings (SSSR count). The first-order chi connectivity index (χ1) is 18.9. The molecule has 0 aliphatic carbocycles. The molecule has 4 aromatic rings. The number of benzene rings is 3. The van der Waals surface area contributed by atoms with Gasteiger partial charge in [0.15, 0.2) is 6.61 Å². The number of carbonyl (C=O) groups is 2. The molecule has 1 aromatic heterocycles. The van der Waals surface area contributed by atoms with Gasteiger partial charge < -0.3 is 15.0 Å². The maximum atomic E-state index is 14.0. The molecule has 1 saturated heterocycles. The highest BCUT2D eigenvalue weighted by atomic mass is 35.5. The molecule has 1 fully saturated rings. The highest BCUT2D eigenvalue weighted by molar-refractivity contribution is 7.10. The highest BCUT2D eigenvalue weighted by Crippen LogP contribution is 2.33. The molecule has 1 aliphatic rings. The number of thiazole rings is 1. The van der Waals surface area contributed by atoms with Crippen molar-refractivity contribution in [2.75, 3.05) is 25.0 Å². The van der Waals surface area contributed by atoms with Crippen LogP contribution in [-0.2, 0) is 4.79 Å². The van der Waals surface area contributed by atoms with E-state index in [1.807, 2.05) is 0 Å². The Bertz CT molecular complexity index is 1490. The minimum Gasteiger partial charge on any atom is -0.482 e. The number of anilines is 1. The number of hydrogen-bond acceptors (Lipinski definition) is 5. The van der Waals surface area contributed by atoms with E-state index in [2.05, 4.69) is 10.3 Å². The maximum Gasteiger partial charge on any atom is 0.275 e. The number of para-hydroxylation sites is 1. The van der Waals surface area contributed by atoms with Crippen LogP contribution >= 0.6 is 34.5 Å². The van der Waals surface area contributed by atoms with Crippen LogP contribution in [0.15, 0.2) is 72.1 Å². The number of likely N-dealkylation sites (tertiary alicyclic amines) is 1. The van der Waals surface area contributed by atoms with Crippen molar-refractivity contribution in [3.8, 4) is 16.9 Å². The zero-order valence-electron chi connectivity index (χ0n) is 20.7. The number of carbonyl (C=O) groups excluding carboxylic acids is 2. The molecule has 0 atom stereocenters. The fraction of sp³-hybridized carbons (Fsp3) is 0.207. The monoisotopic (exact) mass is 583 g/mol. The van der Waals surface area contributed by atoms with Crippen molar-refractivity contribution in [3.05, 3.63) is 98.7 Å². The number of ether oxygens (including phenoxy) is 1. The summed E-state index contributed by atoms with van der Waals surface area (Å²) in [6.45, 7) is 1.09. The van der Waals surface area contributed by atoms with Gasteiger partial charge in [-0.3, -0.25) is 9.59 Å². The average Bonchev–Trinajstić information content (AvgIpc) is 3.45. The zero-order chi connectivity index (χ0) is 27.4. The first-order valence-electron chi connectivity index (χ1n) is 12.3. The van der Waals surface area contributed by atoms with E-state index in [9.17, 15) is 14.0 Å². The Kier molecular flexibility index (Phi) is 8.45. The maximum absolute atomic E-state index is 14.0. The fourth-order valence-corrected chi connectivity index (χ4v) is 5.72. The summed E-state index contributed by atoms with van der Waals surface area (Å²) in [6, 6.07) is 18.2. The van der Waals surface area contributed by atoms with Gasteiger partial charge in [0, 0.05) is 40.7 Å². The number of piperidine rings is 1. The molecule has 0 radical (unpaired) electrons. The predicted octanol–water partition coefficient (Wildman–Crippen LogP) is 7.29. The summed E-state index contributed by atoms with van der Waals surface area (Å²) >= 11 is 13.5. The van der Waals surface area contributed by atoms with E-state index in [1.54, 1.807) is 58.8 Å². The van der Waals surface area contributed by atoms with Gasteiger partial charge in [0.25, 0.3) is 11.8 Å². The Morgan fingerprint density at radius 3 is 2.54 bits per heavy atom. The van der Waals surface area contributed by atoms with E-state index in [0.29, 0.717) is 45.8 Å². The van der Waals surface area contributed by atoms with Crippen LogP contribution in [-0.4, -0.2) is 41.4 Å². The minimum atomic E-state index is -0.408. The lowest BCUT2D eigenvalue weighted by Gasteiger charge is -2.31. The topological polar surface area (TPSA) is 71.5 Å². The normalized spacial score (nSPS) is 13.8. The number of halogens is 3. The van der Waals surface area contributed by atoms with Gasteiger partial charge in [-0.1, -0.05) is 47.5 Å². The van der Waals surface area contributed by atoms with Gasteiger partial charge in [0.2, 0.25) is 0 Å². The third-order valence-electron chi connectivity index (χ3n) is 6.52. The van der Waals surface area contributed by atoms with Crippen molar-refractivity contribution in [2.45, 2.75) is 18.8 Å². The molecule has 0 saturated carbocycles. The lowest BCUT2D eigenvalue weighted by Crippen LogP contribution is -2.40. The first-order valence-corrected chi connectivity index (χ1v) is 14.0. The molecule has 3 aromatic carbocycles. The molecule has 200 valence electrons. The van der Waals surface area contributed by atoms with Gasteiger partial charge in [-0.05, 0) is 60.9 Å². The Morgan fingerprint density at radius 1 is 1.05 bits per heavy atom. The molecule has 10 heteroatoms. The minimum absolute atomic E-state index is 0.0721. The summed E-state index contributed by atoms with van der Waals surface area (Å²) in [5.74, 6) is -0.237. The molecule has 39 heavy (non-hydrogen) atoms. The number of hydrogen-bond donors (Lipinski definition) is 1. The van der Waals surface area contributed by atoms with E-state index < -0.39 is 5.82 Å². The summed E-state index contributed by atoms with van der Waals surface area (Å²) in [5.41, 5.74) is 2.05. The molecule has 2 amide bonds. The van der Waals surface area contributed by atoms with Crippen LogP contribution in [0.25, 0.3) is 11.1 Å². The third-order valence-corrected chi connectivity index (χ3v) is 8.10. The summed E-state index contributed by atoms with van der Waals surface area (Å²) in [7, 11) is 0. The van der Waals surface area contributed by atoms with E-state index in [4.69, 9.17) is 27.9 Å². The van der Waals surface area contributed by atoms with Crippen LogP contribution in [0.1, 0.15) is 34.3 Å². The Balaban J connectivity index is 1.18. The van der Waals surface area contributed by atoms with E-state index in [0.717, 1.165) is 23.4 Å². The van der Waals surface area contributed by atoms with Crippen molar-refractivity contribution >= 4 is 52.0 Å². The van der Waals surface area contributed by atoms with Crippen molar-refractivity contribution in [1.82, 2.24) is 9.88 Å². The second-order valence-electron chi connectivity index (χ2n) is 9.10. The Morgan fingerprint density at radius 2 is 1.79 bits per heavy atom. The van der Waals surface area contributed by atoms with Crippen LogP contribution in [0.2, 0.25) is 10.0 Å². The summed E-state index contributed by atoms with van der Waals surface area (Å²) < 4.78 is 19.6. The average molecular weight is 585 g/mol. The molecule has 2 heterocycles. The van der Waals surface area contributed by atoms with Crippen molar-refractivity contribution in [3.63, 3.8) is 0 Å². The lowest BCUT2D eigenvalue weighted by molar-refractivity contribution is -0.134. The van der Waals surface area contributed by atoms with Crippen LogP contribution < -0.4 is 10.1 Å². The Labute approximate surface area is 239 Å². The molecule has 0 bridgehead atoms. The number of nitrogens with one attached hydrogen (secondary N) is 1. The largest absolute Gasteiger partial charge is 0.482 e. The van der Waals surface area contributed by atoms with Gasteiger partial charge in [-0.15, -0.1) is 11.3 Å². The summed E-state index contributed by atoms with van der Waals surface area (Å²) in [4.78, 5) is 32.0. The van der Waals surface area contributed by atoms with Gasteiger partial charge in [-0.2, -0.15) is 0 Å². The molecular formula is C29H24Cl2FN3O3S. The standard InChI is InChI=1S/C29H24Cl2FN3O3S/c30-20-7-5-18(6-8-20)22-15-21(32)9-10-24(22)33-28(37)25-17-39-29(34-25)19-11-13-35(14-12-19)27(36)16-38-26-4-2-1-3-23(26)31/h1-10,15,17,19H,11-14,16H2,(H,33,37). The predicted molar refractivity (Wildman–Crippen MR) is 152 cm³/mol. The molecule has 0 spiro atoms. The van der Waals surface area contributed by atoms with Crippen molar-refractivity contribution < 1.29 is 18.7 Å². The van der Waals surface area contributed by atoms with Gasteiger partial charge in [0.1, 0.15) is 17.3 Å². The SMILES string of the molecule is O=C(Nc1ccc(F)cc1-c1ccc(Cl)cc1)c1csc(C2CCN(C(=O)COc3ccccc3Cl)CC2)n1. The molecule has 0 unspecified atom stereocenters. The van der Waals surface area contributed by atoms with Gasteiger partial charge >= 0.3 is 0 Å². The smallest absolute Gasteiger partial charge is 0.275 e.